The highest BCUT2D eigenvalue weighted by molar-refractivity contribution is 8.03. The lowest BCUT2D eigenvalue weighted by Crippen LogP contribution is -2.29. The highest BCUT2D eigenvalue weighted by Crippen LogP contribution is 2.53. The van der Waals surface area contributed by atoms with Crippen LogP contribution in [-0.2, 0) is 74.0 Å². The van der Waals surface area contributed by atoms with E-state index in [9.17, 15) is 39.2 Å². The first kappa shape index (κ1) is 68.4. The van der Waals surface area contributed by atoms with Crippen LogP contribution in [0.4, 0.5) is 11.4 Å². The van der Waals surface area contributed by atoms with E-state index in [1.54, 1.807) is 30.3 Å². The first-order valence-electron chi connectivity index (χ1n) is 27.6. The van der Waals surface area contributed by atoms with Gasteiger partial charge in [0.15, 0.2) is 5.71 Å². The predicted octanol–water partition coefficient (Wildman–Crippen LogP) is 13.6. The van der Waals surface area contributed by atoms with Crippen LogP contribution in [0.2, 0.25) is 0 Å². The second-order valence-corrected chi connectivity index (χ2v) is 31.2. The van der Waals surface area contributed by atoms with Crippen LogP contribution in [0, 0.1) is 5.41 Å². The van der Waals surface area contributed by atoms with Crippen molar-refractivity contribution >= 4 is 123 Å². The number of benzene rings is 5. The molecule has 87 heavy (non-hydrogen) atoms. The highest BCUT2D eigenvalue weighted by atomic mass is 32.2. The lowest BCUT2D eigenvalue weighted by molar-refractivity contribution is -0.438. The summed E-state index contributed by atoms with van der Waals surface area (Å²) in [6.45, 7) is 14.8. The number of allylic oxidation sites excluding steroid dienone is 7. The van der Waals surface area contributed by atoms with Gasteiger partial charge in [0.2, 0.25) is 15.7 Å². The lowest BCUT2D eigenvalue weighted by atomic mass is 9.78. The molecule has 2 aliphatic heterocycles. The van der Waals surface area contributed by atoms with Gasteiger partial charge in [0.1, 0.15) is 12.3 Å². The molecule has 5 aromatic carbocycles. The second-order valence-electron chi connectivity index (χ2n) is 23.0. The fourth-order valence-corrected chi connectivity index (χ4v) is 16.4. The van der Waals surface area contributed by atoms with Crippen LogP contribution in [0.15, 0.2) is 149 Å². The van der Waals surface area contributed by atoms with E-state index < -0.39 is 51.4 Å². The van der Waals surface area contributed by atoms with Crippen molar-refractivity contribution in [2.45, 2.75) is 129 Å². The first-order valence-corrected chi connectivity index (χ1v) is 35.3. The molecule has 0 aromatic heterocycles. The largest absolute Gasteiger partial charge is 0.344 e. The van der Waals surface area contributed by atoms with Gasteiger partial charge in [-0.15, -0.1) is 13.0 Å². The fraction of sp³-hybridized carbons (Fsp3) is 0.390. The van der Waals surface area contributed by atoms with E-state index >= 15 is 0 Å². The van der Waals surface area contributed by atoms with Crippen LogP contribution in [0.1, 0.15) is 105 Å². The van der Waals surface area contributed by atoms with E-state index in [4.69, 9.17) is 24.4 Å². The van der Waals surface area contributed by atoms with Gasteiger partial charge in [-0.05, 0) is 139 Å². The summed E-state index contributed by atoms with van der Waals surface area (Å²) in [5, 5.41) is 40.7. The van der Waals surface area contributed by atoms with E-state index in [0.29, 0.717) is 89.8 Å². The molecule has 21 nitrogen and oxygen atoms in total. The minimum atomic E-state index is -4.75. The van der Waals surface area contributed by atoms with Crippen molar-refractivity contribution in [2.24, 2.45) is 5.41 Å². The SMILES string of the molecule is CN(CCCC(=O)C(C)(C)C)S(=O)(=O)c1cccc2c3c(ccc12)N(CCCSOOO)/C(=C/C=C1\CCCC(/C=C/C2=[N+](CCCSOOO)c4ccc5c(SOOO)cc(S(=O)(=O)O)cc5c4C2(C)C)=C1Sc1ccc(S(=O)(=O)O)cc1)C3(C)C. The number of hydrogen-bond acceptors (Lipinski definition) is 21. The molecule has 5 N–H and O–H groups in total. The molecular formula is C59H70N3O18S7+. The van der Waals surface area contributed by atoms with E-state index in [2.05, 4.69) is 61.0 Å². The Morgan fingerprint density at radius 1 is 0.724 bits per heavy atom. The molecule has 8 rings (SSSR count). The van der Waals surface area contributed by atoms with Gasteiger partial charge in [-0.3, -0.25) is 13.9 Å². The maximum absolute atomic E-state index is 14.4. The number of ketones is 1. The normalized spacial score (nSPS) is 17.3. The van der Waals surface area contributed by atoms with Gasteiger partial charge in [0.05, 0.1) is 32.1 Å². The van der Waals surface area contributed by atoms with Crippen molar-refractivity contribution in [2.75, 3.05) is 43.1 Å². The molecule has 0 unspecified atom stereocenters. The number of thioether (sulfide) groups is 1. The Morgan fingerprint density at radius 2 is 1.39 bits per heavy atom. The Morgan fingerprint density at radius 3 is 2.05 bits per heavy atom. The highest BCUT2D eigenvalue weighted by Gasteiger charge is 2.46. The van der Waals surface area contributed by atoms with Crippen molar-refractivity contribution in [3.05, 3.63) is 136 Å². The summed E-state index contributed by atoms with van der Waals surface area (Å²) in [5.74, 6) is 0.903. The van der Waals surface area contributed by atoms with Crippen molar-refractivity contribution in [1.29, 1.82) is 0 Å². The summed E-state index contributed by atoms with van der Waals surface area (Å²) >= 11 is 3.84. The number of carbonyl (C=O) groups excluding carboxylic acids is 1. The minimum Gasteiger partial charge on any atom is -0.344 e. The van der Waals surface area contributed by atoms with Crippen molar-refractivity contribution in [3.63, 3.8) is 0 Å². The molecule has 0 bridgehead atoms. The van der Waals surface area contributed by atoms with E-state index in [1.807, 2.05) is 65.0 Å². The number of anilines is 1. The molecule has 0 radical (unpaired) electrons. The monoisotopic (exact) mass is 1330 g/mol. The Labute approximate surface area is 524 Å². The number of carbonyl (C=O) groups is 1. The average molecular weight is 1330 g/mol. The van der Waals surface area contributed by atoms with Crippen LogP contribution < -0.4 is 4.90 Å². The van der Waals surface area contributed by atoms with Crippen LogP contribution in [-0.4, -0.2) is 109 Å². The Bertz CT molecular complexity index is 3930. The number of hydrogen-bond donors (Lipinski definition) is 5. The summed E-state index contributed by atoms with van der Waals surface area (Å²) in [6.07, 6.45) is 12.0. The van der Waals surface area contributed by atoms with Crippen molar-refractivity contribution < 1.29 is 87.6 Å². The second kappa shape index (κ2) is 28.3. The summed E-state index contributed by atoms with van der Waals surface area (Å²) in [7, 11) is -11.7. The van der Waals surface area contributed by atoms with Gasteiger partial charge in [0, 0.05) is 129 Å². The van der Waals surface area contributed by atoms with Crippen LogP contribution in [0.5, 0.6) is 0 Å². The van der Waals surface area contributed by atoms with Gasteiger partial charge in [-0.1, -0.05) is 91.8 Å². The summed E-state index contributed by atoms with van der Waals surface area (Å²) in [4.78, 5) is 16.2. The number of Topliss-reactive ketones (excluding diaryl/α,β-unsaturated/α-hetero) is 1. The van der Waals surface area contributed by atoms with E-state index in [0.717, 1.165) is 85.9 Å². The van der Waals surface area contributed by atoms with Gasteiger partial charge < -0.3 is 4.90 Å². The smallest absolute Gasteiger partial charge is 0.294 e. The molecular weight excluding hydrogens is 1260 g/mol. The summed E-state index contributed by atoms with van der Waals surface area (Å²) in [5.41, 5.74) is 4.78. The first-order chi connectivity index (χ1) is 41.1. The maximum Gasteiger partial charge on any atom is 0.294 e. The molecule has 2 heterocycles. The van der Waals surface area contributed by atoms with E-state index in [1.165, 1.54) is 47.4 Å². The van der Waals surface area contributed by atoms with Crippen LogP contribution in [0.25, 0.3) is 21.5 Å². The molecule has 0 saturated carbocycles. The Kier molecular flexibility index (Phi) is 22.3. The lowest BCUT2D eigenvalue weighted by Gasteiger charge is -2.28. The topological polar surface area (TPSA) is 286 Å². The molecule has 0 saturated heterocycles. The van der Waals surface area contributed by atoms with Crippen LogP contribution in [0.3, 0.4) is 0 Å². The quantitative estimate of drug-likeness (QED) is 0.00776. The van der Waals surface area contributed by atoms with Crippen molar-refractivity contribution in [3.8, 4) is 0 Å². The van der Waals surface area contributed by atoms with Crippen LogP contribution >= 0.6 is 47.9 Å². The summed E-state index contributed by atoms with van der Waals surface area (Å²) < 4.78 is 117. The standard InChI is InChI=1S/C59H69N3O18S7/c1-57(2,3)53(63)18-11-31-60(8)85(67,68)50-17-10-16-45-44(50)26-28-47-54(45)58(4,5)51(61(47)32-12-34-81-78-75-64)29-19-38-14-9-15-39(56(38)83-40-21-23-41(24-22-40)86(69,70)71)20-30-52-59(6,7)55-46-36-42(87(72,73)74)37-49(84-80-77-66)43(46)25-27-48(55)62(52)33-13-35-82-79-76-65/h10,16-17,19-30,36-37H,9,11-15,18,31-35H2,1-8H3,(H4-,64,65,66,69,70,71,72,73,74)/p+1. The molecule has 28 heteroatoms. The predicted molar refractivity (Wildman–Crippen MR) is 337 cm³/mol. The summed E-state index contributed by atoms with van der Waals surface area (Å²) in [6, 6.07) is 21.3. The number of fused-ring (bicyclic) bond motifs is 6. The van der Waals surface area contributed by atoms with Gasteiger partial charge in [-0.2, -0.15) is 21.4 Å². The molecule has 5 aromatic rings. The molecule has 0 fully saturated rings. The Balaban J connectivity index is 1.26. The van der Waals surface area contributed by atoms with Gasteiger partial charge in [-0.25, -0.2) is 28.5 Å². The van der Waals surface area contributed by atoms with E-state index in [-0.39, 0.29) is 33.4 Å². The zero-order chi connectivity index (χ0) is 63.3. The number of sulfonamides is 1. The average Bonchev–Trinajstić information content (AvgIpc) is 1.63. The third-order valence-electron chi connectivity index (χ3n) is 15.7. The maximum atomic E-state index is 14.4. The van der Waals surface area contributed by atoms with Gasteiger partial charge in [0.25, 0.3) is 20.2 Å². The number of nitrogens with zero attached hydrogens (tertiary/aromatic N) is 3. The third-order valence-corrected chi connectivity index (χ3v) is 22.4. The molecule has 0 amide bonds. The molecule has 0 atom stereocenters. The molecule has 1 aliphatic carbocycles. The van der Waals surface area contributed by atoms with Crippen molar-refractivity contribution in [1.82, 2.24) is 4.31 Å². The molecule has 3 aliphatic rings. The number of rotatable bonds is 28. The van der Waals surface area contributed by atoms with Gasteiger partial charge >= 0.3 is 0 Å². The zero-order valence-electron chi connectivity index (χ0n) is 49.0. The fourth-order valence-electron chi connectivity index (χ4n) is 11.5. The third kappa shape index (κ3) is 15.3. The zero-order valence-corrected chi connectivity index (χ0v) is 54.8. The Hall–Kier alpha value is -4.51. The minimum absolute atomic E-state index is 0.0538. The molecule has 0 spiro atoms. The molecule has 470 valence electrons.